The summed E-state index contributed by atoms with van der Waals surface area (Å²) >= 11 is 0. The van der Waals surface area contributed by atoms with E-state index in [9.17, 15) is 0 Å². The zero-order valence-electron chi connectivity index (χ0n) is 15.2. The molecule has 2 aromatic carbocycles. The number of hydrogen-bond acceptors (Lipinski definition) is 0. The van der Waals surface area contributed by atoms with Crippen LogP contribution in [0.3, 0.4) is 0 Å². The monoisotopic (exact) mass is 372 g/mol. The smallest absolute Gasteiger partial charge is 0 e. The van der Waals surface area contributed by atoms with Gasteiger partial charge in [0.1, 0.15) is 0 Å². The maximum Gasteiger partial charge on any atom is 0 e. The van der Waals surface area contributed by atoms with Gasteiger partial charge in [0.15, 0.2) is 0 Å². The molecule has 1 aliphatic rings. The van der Waals surface area contributed by atoms with Crippen LogP contribution in [0, 0.1) is 6.92 Å². The second-order valence-corrected chi connectivity index (χ2v) is 4.18. The van der Waals surface area contributed by atoms with Crippen molar-refractivity contribution in [2.75, 3.05) is 0 Å². The van der Waals surface area contributed by atoms with Gasteiger partial charge >= 0.3 is 0 Å². The van der Waals surface area contributed by atoms with Gasteiger partial charge in [0.2, 0.25) is 0 Å². The molecule has 1 radical (unpaired) electrons. The molecule has 2 aromatic rings. The van der Waals surface area contributed by atoms with Crippen molar-refractivity contribution in [1.29, 1.82) is 0 Å². The van der Waals surface area contributed by atoms with Gasteiger partial charge in [-0.05, 0) is 40.7 Å². The van der Waals surface area contributed by atoms with Crippen LogP contribution in [-0.2, 0) is 45.6 Å². The van der Waals surface area contributed by atoms with Crippen LogP contribution in [0.1, 0.15) is 58.2 Å². The quantitative estimate of drug-likeness (QED) is 0.417. The Hall–Kier alpha value is -0.456. The SMILES string of the molecule is CC.CC.CCc1ccc2c(c1)Cc1ccccc1-2.[CH2-]C.[Y]. The van der Waals surface area contributed by atoms with Crippen molar-refractivity contribution >= 4 is 0 Å². The van der Waals surface area contributed by atoms with Crippen LogP contribution in [0.5, 0.6) is 0 Å². The Kier molecular flexibility index (Phi) is 15.3. The summed E-state index contributed by atoms with van der Waals surface area (Å²) in [6.45, 7) is 15.2. The van der Waals surface area contributed by atoms with E-state index in [0.29, 0.717) is 0 Å². The van der Waals surface area contributed by atoms with Crippen molar-refractivity contribution < 1.29 is 32.7 Å². The average molecular weight is 372 g/mol. The maximum absolute atomic E-state index is 3.25. The average Bonchev–Trinajstić information content (AvgIpc) is 2.97. The van der Waals surface area contributed by atoms with Gasteiger partial charge in [-0.2, -0.15) is 6.92 Å². The Labute approximate surface area is 163 Å². The van der Waals surface area contributed by atoms with Crippen LogP contribution in [-0.4, -0.2) is 0 Å². The Balaban J connectivity index is 0. The molecule has 0 saturated heterocycles. The third-order valence-electron chi connectivity index (χ3n) is 3.27. The van der Waals surface area contributed by atoms with Crippen LogP contribution in [0.2, 0.25) is 0 Å². The zero-order chi connectivity index (χ0) is 16.3. The minimum Gasteiger partial charge on any atom is -0.346 e. The summed E-state index contributed by atoms with van der Waals surface area (Å²) in [7, 11) is 0. The molecule has 0 saturated carbocycles. The molecule has 1 aliphatic carbocycles. The standard InChI is InChI=1S/C15H14.2C2H6.C2H5.Y/c1-2-11-7-8-15-13(9-11)10-12-5-3-4-6-14(12)15;3*1-2;/h3-9H,2,10H2,1H3;2*1-2H3;1H2,2H3;/q;;;-1;. The molecular weight excluding hydrogens is 341 g/mol. The van der Waals surface area contributed by atoms with Crippen molar-refractivity contribution in [3.63, 3.8) is 0 Å². The van der Waals surface area contributed by atoms with Crippen molar-refractivity contribution in [3.8, 4) is 11.1 Å². The third kappa shape index (κ3) is 5.97. The van der Waals surface area contributed by atoms with Gasteiger partial charge in [0.25, 0.3) is 0 Å². The molecule has 0 spiro atoms. The van der Waals surface area contributed by atoms with E-state index in [1.54, 1.807) is 6.92 Å². The number of fused-ring (bicyclic) bond motifs is 3. The Morgan fingerprint density at radius 3 is 1.95 bits per heavy atom. The summed E-state index contributed by atoms with van der Waals surface area (Å²) in [6, 6.07) is 15.6. The first-order valence-electron chi connectivity index (χ1n) is 8.29. The molecule has 1 heteroatoms. The first-order valence-corrected chi connectivity index (χ1v) is 8.29. The van der Waals surface area contributed by atoms with Crippen molar-refractivity contribution in [3.05, 3.63) is 66.1 Å². The fraction of sp³-hybridized carbons (Fsp3) is 0.381. The minimum atomic E-state index is 0. The topological polar surface area (TPSA) is 0 Å². The van der Waals surface area contributed by atoms with Crippen LogP contribution in [0.4, 0.5) is 0 Å². The minimum absolute atomic E-state index is 0. The van der Waals surface area contributed by atoms with Crippen LogP contribution < -0.4 is 0 Å². The molecule has 0 amide bonds. The summed E-state index contributed by atoms with van der Waals surface area (Å²) in [5.74, 6) is 0. The molecule has 22 heavy (non-hydrogen) atoms. The molecule has 0 heterocycles. The number of hydrogen-bond donors (Lipinski definition) is 0. The molecule has 0 aliphatic heterocycles. The first kappa shape index (κ1) is 23.8. The van der Waals surface area contributed by atoms with Gasteiger partial charge in [0, 0.05) is 32.7 Å². The molecule has 3 rings (SSSR count). The van der Waals surface area contributed by atoms with Crippen molar-refractivity contribution in [2.45, 2.75) is 54.4 Å². The Morgan fingerprint density at radius 2 is 1.36 bits per heavy atom. The predicted octanol–water partition coefficient (Wildman–Crippen LogP) is 6.71. The molecule has 0 N–H and O–H groups in total. The van der Waals surface area contributed by atoms with Gasteiger partial charge in [-0.1, -0.05) is 77.1 Å². The Morgan fingerprint density at radius 1 is 0.818 bits per heavy atom. The zero-order valence-corrected chi connectivity index (χ0v) is 18.1. The molecule has 0 aromatic heterocycles. The van der Waals surface area contributed by atoms with E-state index in [4.69, 9.17) is 0 Å². The fourth-order valence-electron chi connectivity index (χ4n) is 2.42. The third-order valence-corrected chi connectivity index (χ3v) is 3.27. The largest absolute Gasteiger partial charge is 0.346 e. The van der Waals surface area contributed by atoms with E-state index in [2.05, 4.69) is 56.3 Å². The van der Waals surface area contributed by atoms with E-state index in [-0.39, 0.29) is 32.7 Å². The number of aryl methyl sites for hydroxylation is 1. The summed E-state index contributed by atoms with van der Waals surface area (Å²) < 4.78 is 0. The fourth-order valence-corrected chi connectivity index (χ4v) is 2.42. The van der Waals surface area contributed by atoms with Crippen molar-refractivity contribution in [1.82, 2.24) is 0 Å². The van der Waals surface area contributed by atoms with E-state index < -0.39 is 0 Å². The van der Waals surface area contributed by atoms with Crippen molar-refractivity contribution in [2.24, 2.45) is 0 Å². The van der Waals surface area contributed by atoms with E-state index in [0.717, 1.165) is 12.8 Å². The summed E-state index contributed by atoms with van der Waals surface area (Å²) in [4.78, 5) is 0. The summed E-state index contributed by atoms with van der Waals surface area (Å²) in [5.41, 5.74) is 7.27. The molecule has 0 atom stereocenters. The first-order chi connectivity index (χ1) is 10.4. The predicted molar refractivity (Wildman–Crippen MR) is 97.8 cm³/mol. The molecular formula is C21H31Y-. The second-order valence-electron chi connectivity index (χ2n) is 4.18. The van der Waals surface area contributed by atoms with Crippen LogP contribution >= 0.6 is 0 Å². The van der Waals surface area contributed by atoms with Crippen LogP contribution in [0.15, 0.2) is 42.5 Å². The second kappa shape index (κ2) is 14.2. The normalized spacial score (nSPS) is 9.23. The molecule has 0 unspecified atom stereocenters. The van der Waals surface area contributed by atoms with Crippen LogP contribution in [0.25, 0.3) is 11.1 Å². The molecule has 0 fully saturated rings. The summed E-state index contributed by atoms with van der Waals surface area (Å²) in [5, 5.41) is 0. The molecule has 0 bridgehead atoms. The number of rotatable bonds is 1. The molecule has 0 nitrogen and oxygen atoms in total. The van der Waals surface area contributed by atoms with Gasteiger partial charge in [0.05, 0.1) is 0 Å². The van der Waals surface area contributed by atoms with E-state index in [1.165, 1.54) is 27.8 Å². The van der Waals surface area contributed by atoms with Gasteiger partial charge in [-0.25, -0.2) is 0 Å². The van der Waals surface area contributed by atoms with E-state index in [1.807, 2.05) is 27.7 Å². The molecule has 119 valence electrons. The number of benzene rings is 2. The Bertz CT molecular complexity index is 515. The van der Waals surface area contributed by atoms with Gasteiger partial charge in [-0.3, -0.25) is 0 Å². The van der Waals surface area contributed by atoms with E-state index >= 15 is 0 Å². The summed E-state index contributed by atoms with van der Waals surface area (Å²) in [6.07, 6.45) is 2.24. The van der Waals surface area contributed by atoms with Gasteiger partial charge < -0.3 is 6.92 Å². The van der Waals surface area contributed by atoms with Gasteiger partial charge in [-0.15, -0.1) is 0 Å². The maximum atomic E-state index is 3.25.